The zero-order valence-corrected chi connectivity index (χ0v) is 18.8. The summed E-state index contributed by atoms with van der Waals surface area (Å²) >= 11 is 1.55. The van der Waals surface area contributed by atoms with Crippen molar-refractivity contribution in [1.82, 2.24) is 10.2 Å². The van der Waals surface area contributed by atoms with Crippen molar-refractivity contribution in [1.29, 1.82) is 0 Å². The summed E-state index contributed by atoms with van der Waals surface area (Å²) < 4.78 is 5.77. The number of nitrogens with zero attached hydrogens (tertiary/aromatic N) is 2. The van der Waals surface area contributed by atoms with Crippen molar-refractivity contribution >= 4 is 29.3 Å². The highest BCUT2D eigenvalue weighted by Gasteiger charge is 2.25. The number of amides is 2. The third-order valence-corrected chi connectivity index (χ3v) is 6.44. The number of para-hydroxylation sites is 1. The summed E-state index contributed by atoms with van der Waals surface area (Å²) in [6, 6.07) is 11.4. The van der Waals surface area contributed by atoms with E-state index in [1.807, 2.05) is 31.2 Å². The molecule has 0 bridgehead atoms. The summed E-state index contributed by atoms with van der Waals surface area (Å²) in [5.41, 5.74) is 0.892. The van der Waals surface area contributed by atoms with Crippen molar-refractivity contribution in [2.24, 2.45) is 0 Å². The van der Waals surface area contributed by atoms with E-state index in [-0.39, 0.29) is 23.6 Å². The molecular formula is C23H31N3O3S. The maximum Gasteiger partial charge on any atom is 0.287 e. The van der Waals surface area contributed by atoms with Gasteiger partial charge in [0.1, 0.15) is 5.76 Å². The van der Waals surface area contributed by atoms with Crippen LogP contribution < -0.4 is 10.2 Å². The van der Waals surface area contributed by atoms with Gasteiger partial charge in [-0.15, -0.1) is 11.8 Å². The SMILES string of the molecule is CCN(CC)CCCC(C)NC(=O)c1ccc(CN2C(=O)CSc3ccccc32)o1. The number of anilines is 1. The number of carbonyl (C=O) groups excluding carboxylic acids is 2. The Morgan fingerprint density at radius 2 is 2.00 bits per heavy atom. The number of rotatable bonds is 10. The zero-order chi connectivity index (χ0) is 21.5. The van der Waals surface area contributed by atoms with E-state index in [1.165, 1.54) is 0 Å². The second kappa shape index (κ2) is 10.7. The maximum absolute atomic E-state index is 12.5. The van der Waals surface area contributed by atoms with Crippen LogP contribution >= 0.6 is 11.8 Å². The molecule has 1 aliphatic rings. The highest BCUT2D eigenvalue weighted by molar-refractivity contribution is 8.00. The lowest BCUT2D eigenvalue weighted by Gasteiger charge is -2.28. The number of hydrogen-bond acceptors (Lipinski definition) is 5. The third-order valence-electron chi connectivity index (χ3n) is 5.39. The van der Waals surface area contributed by atoms with E-state index in [2.05, 4.69) is 24.1 Å². The standard InChI is InChI=1S/C23H31N3O3S/c1-4-25(5-2)14-8-9-17(3)24-23(28)20-13-12-18(29-20)15-26-19-10-6-7-11-21(19)30-16-22(26)27/h6-7,10-13,17H,4-5,8-9,14-16H2,1-3H3,(H,24,28). The second-order valence-electron chi connectivity index (χ2n) is 7.55. The van der Waals surface area contributed by atoms with Crippen LogP contribution in [-0.2, 0) is 11.3 Å². The second-order valence-corrected chi connectivity index (χ2v) is 8.56. The fraction of sp³-hybridized carbons (Fsp3) is 0.478. The Labute approximate surface area is 183 Å². The Kier molecular flexibility index (Phi) is 7.99. The molecule has 2 heterocycles. The lowest BCUT2D eigenvalue weighted by atomic mass is 10.1. The van der Waals surface area contributed by atoms with Crippen LogP contribution in [0.5, 0.6) is 0 Å². The van der Waals surface area contributed by atoms with Crippen LogP contribution in [0.25, 0.3) is 0 Å². The lowest BCUT2D eigenvalue weighted by molar-refractivity contribution is -0.116. The van der Waals surface area contributed by atoms with E-state index >= 15 is 0 Å². The van der Waals surface area contributed by atoms with Crippen molar-refractivity contribution in [2.75, 3.05) is 30.3 Å². The molecule has 1 aromatic carbocycles. The highest BCUT2D eigenvalue weighted by Crippen LogP contribution is 2.35. The van der Waals surface area contributed by atoms with Crippen LogP contribution in [0.15, 0.2) is 45.7 Å². The number of benzene rings is 1. The molecule has 2 amide bonds. The first-order chi connectivity index (χ1) is 14.5. The van der Waals surface area contributed by atoms with E-state index in [4.69, 9.17) is 4.42 Å². The number of fused-ring (bicyclic) bond motifs is 1. The van der Waals surface area contributed by atoms with E-state index < -0.39 is 0 Å². The predicted octanol–water partition coefficient (Wildman–Crippen LogP) is 4.16. The van der Waals surface area contributed by atoms with Gasteiger partial charge < -0.3 is 19.5 Å². The van der Waals surface area contributed by atoms with Gasteiger partial charge in [-0.05, 0) is 63.7 Å². The van der Waals surface area contributed by atoms with E-state index in [9.17, 15) is 9.59 Å². The predicted molar refractivity (Wildman–Crippen MR) is 121 cm³/mol. The van der Waals surface area contributed by atoms with Crippen molar-refractivity contribution in [3.05, 3.63) is 47.9 Å². The average Bonchev–Trinajstić information content (AvgIpc) is 3.22. The topological polar surface area (TPSA) is 65.8 Å². The Morgan fingerprint density at radius 3 is 2.77 bits per heavy atom. The number of hydrogen-bond donors (Lipinski definition) is 1. The molecule has 1 aromatic heterocycles. The molecule has 0 saturated heterocycles. The van der Waals surface area contributed by atoms with Gasteiger partial charge in [0.25, 0.3) is 5.91 Å². The summed E-state index contributed by atoms with van der Waals surface area (Å²) in [6.45, 7) is 9.82. The molecule has 7 heteroatoms. The highest BCUT2D eigenvalue weighted by atomic mass is 32.2. The number of furan rings is 1. The van der Waals surface area contributed by atoms with Gasteiger partial charge in [-0.3, -0.25) is 9.59 Å². The van der Waals surface area contributed by atoms with Gasteiger partial charge in [0.2, 0.25) is 5.91 Å². The lowest BCUT2D eigenvalue weighted by Crippen LogP contribution is -2.34. The summed E-state index contributed by atoms with van der Waals surface area (Å²) in [4.78, 5) is 30.1. The number of nitrogens with one attached hydrogen (secondary N) is 1. The normalized spacial score (nSPS) is 14.7. The van der Waals surface area contributed by atoms with Crippen LogP contribution in [0.4, 0.5) is 5.69 Å². The quantitative estimate of drug-likeness (QED) is 0.614. The van der Waals surface area contributed by atoms with Crippen molar-refractivity contribution in [3.63, 3.8) is 0 Å². The molecule has 1 N–H and O–H groups in total. The zero-order valence-electron chi connectivity index (χ0n) is 18.0. The largest absolute Gasteiger partial charge is 0.454 e. The van der Waals surface area contributed by atoms with Gasteiger partial charge in [-0.1, -0.05) is 26.0 Å². The molecule has 1 unspecified atom stereocenters. The van der Waals surface area contributed by atoms with Crippen molar-refractivity contribution < 1.29 is 14.0 Å². The molecule has 162 valence electrons. The van der Waals surface area contributed by atoms with Gasteiger partial charge in [0, 0.05) is 10.9 Å². The van der Waals surface area contributed by atoms with Crippen LogP contribution in [0.3, 0.4) is 0 Å². The Balaban J connectivity index is 1.55. The van der Waals surface area contributed by atoms with Crippen LogP contribution in [-0.4, -0.2) is 48.1 Å². The molecule has 6 nitrogen and oxygen atoms in total. The van der Waals surface area contributed by atoms with E-state index in [1.54, 1.807) is 28.8 Å². The summed E-state index contributed by atoms with van der Waals surface area (Å²) in [7, 11) is 0. The molecular weight excluding hydrogens is 398 g/mol. The Bertz CT molecular complexity index is 863. The maximum atomic E-state index is 12.5. The monoisotopic (exact) mass is 429 g/mol. The van der Waals surface area contributed by atoms with Crippen LogP contribution in [0.2, 0.25) is 0 Å². The van der Waals surface area contributed by atoms with Gasteiger partial charge in [0.15, 0.2) is 5.76 Å². The van der Waals surface area contributed by atoms with E-state index in [0.29, 0.717) is 18.1 Å². The minimum absolute atomic E-state index is 0.0444. The van der Waals surface area contributed by atoms with E-state index in [0.717, 1.165) is 43.1 Å². The minimum Gasteiger partial charge on any atom is -0.454 e. The minimum atomic E-state index is -0.211. The van der Waals surface area contributed by atoms with Gasteiger partial charge in [0.05, 0.1) is 18.0 Å². The molecule has 30 heavy (non-hydrogen) atoms. The first kappa shape index (κ1) is 22.4. The first-order valence-electron chi connectivity index (χ1n) is 10.7. The van der Waals surface area contributed by atoms with Gasteiger partial charge >= 0.3 is 0 Å². The molecule has 3 rings (SSSR count). The molecule has 0 saturated carbocycles. The number of thioether (sulfide) groups is 1. The summed E-state index contributed by atoms with van der Waals surface area (Å²) in [5.74, 6) is 1.13. The van der Waals surface area contributed by atoms with Crippen LogP contribution in [0, 0.1) is 0 Å². The molecule has 0 spiro atoms. The van der Waals surface area contributed by atoms with Crippen molar-refractivity contribution in [2.45, 2.75) is 51.1 Å². The van der Waals surface area contributed by atoms with Gasteiger partial charge in [-0.25, -0.2) is 0 Å². The molecule has 1 atom stereocenters. The molecule has 0 fully saturated rings. The van der Waals surface area contributed by atoms with Crippen molar-refractivity contribution in [3.8, 4) is 0 Å². The molecule has 0 radical (unpaired) electrons. The first-order valence-corrected chi connectivity index (χ1v) is 11.6. The third kappa shape index (κ3) is 5.67. The molecule has 2 aromatic rings. The fourth-order valence-corrected chi connectivity index (χ4v) is 4.53. The summed E-state index contributed by atoms with van der Waals surface area (Å²) in [5, 5.41) is 3.01. The summed E-state index contributed by atoms with van der Waals surface area (Å²) in [6.07, 6.45) is 1.97. The number of carbonyl (C=O) groups is 2. The molecule has 0 aliphatic carbocycles. The average molecular weight is 430 g/mol. The van der Waals surface area contributed by atoms with Crippen LogP contribution in [0.1, 0.15) is 49.9 Å². The Hall–Kier alpha value is -2.25. The van der Waals surface area contributed by atoms with Gasteiger partial charge in [-0.2, -0.15) is 0 Å². The molecule has 1 aliphatic heterocycles. The fourth-order valence-electron chi connectivity index (χ4n) is 3.60. The smallest absolute Gasteiger partial charge is 0.287 e. The Morgan fingerprint density at radius 1 is 1.23 bits per heavy atom.